The summed E-state index contributed by atoms with van der Waals surface area (Å²) in [6, 6.07) is 3.30. The number of rotatable bonds is 3. The highest BCUT2D eigenvalue weighted by atomic mass is 32.2. The van der Waals surface area contributed by atoms with Crippen LogP contribution in [-0.2, 0) is 4.74 Å². The number of aryl methyl sites for hydroxylation is 1. The van der Waals surface area contributed by atoms with Crippen LogP contribution >= 0.6 is 23.1 Å². The SMILES string of the molecule is Cc1ccsc1[C@H](C)N[C@@H]1CCO[C@@]2(CCSC2)C1. The van der Waals surface area contributed by atoms with E-state index in [1.807, 2.05) is 23.1 Å². The molecule has 2 saturated heterocycles. The molecule has 106 valence electrons. The van der Waals surface area contributed by atoms with Crippen LogP contribution in [0.15, 0.2) is 11.4 Å². The summed E-state index contributed by atoms with van der Waals surface area (Å²) in [7, 11) is 0. The van der Waals surface area contributed by atoms with E-state index in [0.29, 0.717) is 12.1 Å². The predicted octanol–water partition coefficient (Wildman–Crippen LogP) is 3.76. The van der Waals surface area contributed by atoms with Gasteiger partial charge in [0.15, 0.2) is 0 Å². The topological polar surface area (TPSA) is 21.3 Å². The van der Waals surface area contributed by atoms with E-state index >= 15 is 0 Å². The van der Waals surface area contributed by atoms with Gasteiger partial charge in [-0.3, -0.25) is 0 Å². The normalized spacial score (nSPS) is 32.8. The Labute approximate surface area is 124 Å². The highest BCUT2D eigenvalue weighted by Crippen LogP contribution is 2.39. The Kier molecular flexibility index (Phi) is 4.22. The van der Waals surface area contributed by atoms with Gasteiger partial charge in [-0.1, -0.05) is 0 Å². The lowest BCUT2D eigenvalue weighted by molar-refractivity contribution is -0.0711. The highest BCUT2D eigenvalue weighted by molar-refractivity contribution is 7.99. The Hall–Kier alpha value is -0.0300. The monoisotopic (exact) mass is 297 g/mol. The van der Waals surface area contributed by atoms with Gasteiger partial charge in [-0.15, -0.1) is 11.3 Å². The molecular formula is C15H23NOS2. The van der Waals surface area contributed by atoms with Crippen LogP contribution in [0.4, 0.5) is 0 Å². The lowest BCUT2D eigenvalue weighted by Gasteiger charge is -2.39. The molecule has 0 bridgehead atoms. The number of hydrogen-bond donors (Lipinski definition) is 1. The summed E-state index contributed by atoms with van der Waals surface area (Å²) >= 11 is 3.92. The van der Waals surface area contributed by atoms with Crippen molar-refractivity contribution in [2.75, 3.05) is 18.1 Å². The highest BCUT2D eigenvalue weighted by Gasteiger charge is 2.40. The molecule has 1 aromatic heterocycles. The molecule has 1 N–H and O–H groups in total. The fourth-order valence-electron chi connectivity index (χ4n) is 3.29. The van der Waals surface area contributed by atoms with Crippen LogP contribution in [0.25, 0.3) is 0 Å². The molecule has 19 heavy (non-hydrogen) atoms. The van der Waals surface area contributed by atoms with Crippen LogP contribution in [0.1, 0.15) is 42.7 Å². The molecule has 0 aliphatic carbocycles. The molecule has 3 rings (SSSR count). The number of thioether (sulfide) groups is 1. The predicted molar refractivity (Wildman–Crippen MR) is 84.3 cm³/mol. The molecule has 2 fully saturated rings. The van der Waals surface area contributed by atoms with Crippen molar-refractivity contribution in [3.8, 4) is 0 Å². The van der Waals surface area contributed by atoms with E-state index in [2.05, 4.69) is 30.6 Å². The minimum atomic E-state index is 0.185. The van der Waals surface area contributed by atoms with Crippen LogP contribution in [0.3, 0.4) is 0 Å². The van der Waals surface area contributed by atoms with E-state index in [9.17, 15) is 0 Å². The molecule has 1 aromatic rings. The van der Waals surface area contributed by atoms with Gasteiger partial charge >= 0.3 is 0 Å². The first kappa shape index (κ1) is 13.9. The van der Waals surface area contributed by atoms with Gasteiger partial charge in [0, 0.05) is 29.3 Å². The number of nitrogens with one attached hydrogen (secondary N) is 1. The van der Waals surface area contributed by atoms with Crippen LogP contribution < -0.4 is 5.32 Å². The lowest BCUT2D eigenvalue weighted by atomic mass is 9.89. The Morgan fingerprint density at radius 3 is 3.11 bits per heavy atom. The zero-order valence-electron chi connectivity index (χ0n) is 11.8. The molecule has 3 atom stereocenters. The second-order valence-corrected chi connectivity index (χ2v) is 7.93. The van der Waals surface area contributed by atoms with E-state index < -0.39 is 0 Å². The standard InChI is InChI=1S/C15H23NOS2/c1-11-4-7-19-14(11)12(2)16-13-3-6-17-15(9-13)5-8-18-10-15/h4,7,12-13,16H,3,5-6,8-10H2,1-2H3/t12-,13+,15-/m0/s1. The molecule has 0 saturated carbocycles. The summed E-state index contributed by atoms with van der Waals surface area (Å²) in [6.45, 7) is 5.43. The first-order valence-corrected chi connectivity index (χ1v) is 9.24. The lowest BCUT2D eigenvalue weighted by Crippen LogP contribution is -2.47. The molecule has 2 aliphatic heterocycles. The number of thiophene rings is 1. The fourth-order valence-corrected chi connectivity index (χ4v) is 5.61. The molecule has 2 nitrogen and oxygen atoms in total. The summed E-state index contributed by atoms with van der Waals surface area (Å²) in [6.07, 6.45) is 3.58. The van der Waals surface area contributed by atoms with Crippen molar-refractivity contribution in [3.63, 3.8) is 0 Å². The van der Waals surface area contributed by atoms with Crippen molar-refractivity contribution in [2.45, 2.75) is 50.8 Å². The third kappa shape index (κ3) is 3.02. The van der Waals surface area contributed by atoms with Crippen molar-refractivity contribution in [3.05, 3.63) is 21.9 Å². The molecule has 0 amide bonds. The Morgan fingerprint density at radius 1 is 1.53 bits per heavy atom. The van der Waals surface area contributed by atoms with E-state index in [1.165, 1.54) is 34.8 Å². The van der Waals surface area contributed by atoms with Gasteiger partial charge in [-0.2, -0.15) is 11.8 Å². The largest absolute Gasteiger partial charge is 0.374 e. The molecule has 0 radical (unpaired) electrons. The van der Waals surface area contributed by atoms with E-state index in [1.54, 1.807) is 0 Å². The van der Waals surface area contributed by atoms with Crippen LogP contribution in [0.2, 0.25) is 0 Å². The Bertz CT molecular complexity index is 426. The van der Waals surface area contributed by atoms with Gasteiger partial charge in [-0.25, -0.2) is 0 Å². The van der Waals surface area contributed by atoms with Gasteiger partial charge in [0.1, 0.15) is 0 Å². The van der Waals surface area contributed by atoms with Gasteiger partial charge in [0.05, 0.1) is 5.60 Å². The molecule has 4 heteroatoms. The first-order valence-electron chi connectivity index (χ1n) is 7.20. The maximum atomic E-state index is 6.09. The molecule has 3 heterocycles. The molecule has 0 unspecified atom stereocenters. The van der Waals surface area contributed by atoms with Crippen LogP contribution in [0, 0.1) is 6.92 Å². The average molecular weight is 297 g/mol. The van der Waals surface area contributed by atoms with Crippen LogP contribution in [-0.4, -0.2) is 29.8 Å². The second-order valence-electron chi connectivity index (χ2n) is 5.88. The van der Waals surface area contributed by atoms with E-state index in [0.717, 1.165) is 13.0 Å². The van der Waals surface area contributed by atoms with E-state index in [4.69, 9.17) is 4.74 Å². The van der Waals surface area contributed by atoms with Crippen molar-refractivity contribution in [1.29, 1.82) is 0 Å². The number of ether oxygens (including phenoxy) is 1. The van der Waals surface area contributed by atoms with Crippen molar-refractivity contribution < 1.29 is 4.74 Å². The van der Waals surface area contributed by atoms with Gasteiger partial charge in [0.25, 0.3) is 0 Å². The summed E-state index contributed by atoms with van der Waals surface area (Å²) in [5.74, 6) is 2.46. The van der Waals surface area contributed by atoms with Gasteiger partial charge in [0.2, 0.25) is 0 Å². The fraction of sp³-hybridized carbons (Fsp3) is 0.733. The first-order chi connectivity index (χ1) is 9.19. The Morgan fingerprint density at radius 2 is 2.42 bits per heavy atom. The maximum Gasteiger partial charge on any atom is 0.0795 e. The van der Waals surface area contributed by atoms with Crippen molar-refractivity contribution in [1.82, 2.24) is 5.32 Å². The third-order valence-corrected chi connectivity index (χ3v) is 6.77. The maximum absolute atomic E-state index is 6.09. The molecular weight excluding hydrogens is 274 g/mol. The summed E-state index contributed by atoms with van der Waals surface area (Å²) in [4.78, 5) is 1.49. The average Bonchev–Trinajstić information content (AvgIpc) is 2.99. The van der Waals surface area contributed by atoms with Crippen molar-refractivity contribution in [2.24, 2.45) is 0 Å². The minimum absolute atomic E-state index is 0.185. The zero-order valence-corrected chi connectivity index (χ0v) is 13.4. The van der Waals surface area contributed by atoms with Crippen molar-refractivity contribution >= 4 is 23.1 Å². The minimum Gasteiger partial charge on any atom is -0.374 e. The summed E-state index contributed by atoms with van der Waals surface area (Å²) in [5, 5.41) is 6.03. The third-order valence-electron chi connectivity index (χ3n) is 4.34. The second kappa shape index (κ2) is 5.76. The number of hydrogen-bond acceptors (Lipinski definition) is 4. The van der Waals surface area contributed by atoms with E-state index in [-0.39, 0.29) is 5.60 Å². The van der Waals surface area contributed by atoms with Gasteiger partial charge < -0.3 is 10.1 Å². The smallest absolute Gasteiger partial charge is 0.0795 e. The van der Waals surface area contributed by atoms with Crippen LogP contribution in [0.5, 0.6) is 0 Å². The quantitative estimate of drug-likeness (QED) is 0.918. The summed E-state index contributed by atoms with van der Waals surface area (Å²) in [5.41, 5.74) is 1.60. The Balaban J connectivity index is 1.62. The molecule has 1 spiro atoms. The molecule has 0 aromatic carbocycles. The zero-order chi connectivity index (χ0) is 13.3. The van der Waals surface area contributed by atoms with Gasteiger partial charge in [-0.05, 0) is 55.9 Å². The molecule has 2 aliphatic rings. The summed E-state index contributed by atoms with van der Waals surface area (Å²) < 4.78 is 6.09.